The van der Waals surface area contributed by atoms with Crippen LogP contribution in [-0.2, 0) is 9.47 Å². The fourth-order valence-electron chi connectivity index (χ4n) is 2.35. The highest BCUT2D eigenvalue weighted by atomic mass is 16.7. The van der Waals surface area contributed by atoms with Gasteiger partial charge < -0.3 is 25.6 Å². The van der Waals surface area contributed by atoms with Gasteiger partial charge in [0.1, 0.15) is 0 Å². The maximum absolute atomic E-state index is 9.06. The average Bonchev–Trinajstić information content (AvgIpc) is 3.01. The lowest BCUT2D eigenvalue weighted by atomic mass is 10.4. The Hall–Kier alpha value is -1.97. The summed E-state index contributed by atoms with van der Waals surface area (Å²) in [6, 6.07) is 0.442. The summed E-state index contributed by atoms with van der Waals surface area (Å²) < 4.78 is 12.6. The lowest BCUT2D eigenvalue weighted by molar-refractivity contribution is -0.0980. The van der Waals surface area contributed by atoms with E-state index in [9.17, 15) is 0 Å². The monoisotopic (exact) mass is 292 g/mol. The molecule has 4 N–H and O–H groups in total. The van der Waals surface area contributed by atoms with Gasteiger partial charge in [0.05, 0.1) is 19.5 Å². The Labute approximate surface area is 120 Å². The van der Waals surface area contributed by atoms with Crippen molar-refractivity contribution in [3.8, 4) is 0 Å². The van der Waals surface area contributed by atoms with Crippen molar-refractivity contribution < 1.29 is 14.6 Å². The molecule has 112 valence electrons. The summed E-state index contributed by atoms with van der Waals surface area (Å²) in [5.74, 6) is 0.835. The quantitative estimate of drug-likeness (QED) is 0.711. The molecule has 2 aromatic rings. The Morgan fingerprint density at radius 3 is 3.00 bits per heavy atom. The molecule has 4 rings (SSSR count). The zero-order valence-corrected chi connectivity index (χ0v) is 11.3. The van der Waals surface area contributed by atoms with E-state index in [1.54, 1.807) is 10.9 Å². The molecule has 1 aliphatic heterocycles. The Morgan fingerprint density at radius 2 is 2.29 bits per heavy atom. The Bertz CT molecular complexity index is 670. The van der Waals surface area contributed by atoms with Crippen molar-refractivity contribution in [1.82, 2.24) is 19.5 Å². The number of hydrogen-bond acceptors (Lipinski definition) is 8. The van der Waals surface area contributed by atoms with E-state index in [2.05, 4.69) is 20.3 Å². The fraction of sp³-hybridized carbons (Fsp3) is 0.583. The van der Waals surface area contributed by atoms with Crippen LogP contribution in [0.2, 0.25) is 0 Å². The van der Waals surface area contributed by atoms with Gasteiger partial charge in [-0.2, -0.15) is 9.97 Å². The summed E-state index contributed by atoms with van der Waals surface area (Å²) in [6.45, 7) is 0.140. The van der Waals surface area contributed by atoms with Crippen LogP contribution in [0.3, 0.4) is 0 Å². The fourth-order valence-corrected chi connectivity index (χ4v) is 2.35. The molecular weight excluding hydrogens is 276 g/mol. The van der Waals surface area contributed by atoms with Crippen LogP contribution in [0.1, 0.15) is 19.1 Å². The van der Waals surface area contributed by atoms with E-state index in [1.807, 2.05) is 0 Å². The molecule has 0 spiro atoms. The van der Waals surface area contributed by atoms with Gasteiger partial charge in [-0.3, -0.25) is 4.57 Å². The number of aromatic nitrogens is 4. The third-order valence-corrected chi connectivity index (χ3v) is 3.55. The average molecular weight is 292 g/mol. The molecule has 2 atom stereocenters. The van der Waals surface area contributed by atoms with Crippen LogP contribution < -0.4 is 11.1 Å². The van der Waals surface area contributed by atoms with Gasteiger partial charge in [-0.15, -0.1) is 0 Å². The minimum Gasteiger partial charge on any atom is -0.391 e. The zero-order chi connectivity index (χ0) is 14.4. The van der Waals surface area contributed by atoms with Crippen LogP contribution in [0.4, 0.5) is 11.8 Å². The van der Waals surface area contributed by atoms with Crippen molar-refractivity contribution in [3.63, 3.8) is 0 Å². The second-order valence-corrected chi connectivity index (χ2v) is 5.21. The van der Waals surface area contributed by atoms with Crippen LogP contribution in [-0.4, -0.2) is 50.2 Å². The van der Waals surface area contributed by atoms with E-state index in [4.69, 9.17) is 20.3 Å². The summed E-state index contributed by atoms with van der Waals surface area (Å²) in [6.07, 6.45) is 2.89. The first-order chi connectivity index (χ1) is 10.2. The summed E-state index contributed by atoms with van der Waals surface area (Å²) in [7, 11) is 0. The number of aliphatic hydroxyl groups is 1. The number of aliphatic hydroxyl groups excluding tert-OH is 1. The smallest absolute Gasteiger partial charge is 0.224 e. The predicted octanol–water partition coefficient (Wildman–Crippen LogP) is -0.153. The highest BCUT2D eigenvalue weighted by Gasteiger charge is 2.29. The van der Waals surface area contributed by atoms with E-state index in [-0.39, 0.29) is 18.8 Å². The molecule has 0 aromatic carbocycles. The molecule has 0 radical (unpaired) electrons. The Balaban J connectivity index is 1.71. The van der Waals surface area contributed by atoms with E-state index in [0.29, 0.717) is 29.6 Å². The van der Waals surface area contributed by atoms with E-state index >= 15 is 0 Å². The van der Waals surface area contributed by atoms with E-state index < -0.39 is 6.29 Å². The third kappa shape index (κ3) is 2.28. The van der Waals surface area contributed by atoms with Crippen molar-refractivity contribution in [2.24, 2.45) is 0 Å². The first-order valence-corrected chi connectivity index (χ1v) is 6.89. The number of ether oxygens (including phenoxy) is 2. The second-order valence-electron chi connectivity index (χ2n) is 5.21. The summed E-state index contributed by atoms with van der Waals surface area (Å²) in [5.41, 5.74) is 7.04. The van der Waals surface area contributed by atoms with Crippen molar-refractivity contribution in [1.29, 1.82) is 0 Å². The van der Waals surface area contributed by atoms with Crippen LogP contribution in [0.25, 0.3) is 11.2 Å². The van der Waals surface area contributed by atoms with Crippen molar-refractivity contribution in [2.75, 3.05) is 24.3 Å². The number of fused-ring (bicyclic) bond motifs is 1. The SMILES string of the molecule is Nc1nc(NC2CC2)c2ncn([C@H]3CO[C@@H](CO)O3)c2n1. The van der Waals surface area contributed by atoms with Crippen LogP contribution >= 0.6 is 0 Å². The predicted molar refractivity (Wildman–Crippen MR) is 73.3 cm³/mol. The molecule has 0 unspecified atom stereocenters. The molecule has 2 fully saturated rings. The Morgan fingerprint density at radius 1 is 1.43 bits per heavy atom. The molecular formula is C12H16N6O3. The normalized spacial score (nSPS) is 25.6. The standard InChI is InChI=1S/C12H16N6O3/c13-12-16-10(15-6-1-2-6)9-11(17-12)18(5-14-9)7-4-20-8(3-19)21-7/h5-8,19H,1-4H2,(H3,13,15,16,17)/t7-,8-/m1/s1. The molecule has 0 bridgehead atoms. The molecule has 9 heteroatoms. The number of rotatable bonds is 4. The van der Waals surface area contributed by atoms with Gasteiger partial charge in [0, 0.05) is 6.04 Å². The largest absolute Gasteiger partial charge is 0.391 e. The lowest BCUT2D eigenvalue weighted by Gasteiger charge is -2.12. The maximum atomic E-state index is 9.06. The third-order valence-electron chi connectivity index (χ3n) is 3.55. The number of hydrogen-bond donors (Lipinski definition) is 3. The molecule has 2 aliphatic rings. The summed E-state index contributed by atoms with van der Waals surface area (Å²) in [5, 5.41) is 12.4. The molecule has 3 heterocycles. The van der Waals surface area contributed by atoms with E-state index in [1.165, 1.54) is 0 Å². The van der Waals surface area contributed by atoms with Gasteiger partial charge in [-0.1, -0.05) is 0 Å². The Kier molecular flexibility index (Phi) is 2.91. The minimum absolute atomic E-state index is 0.185. The lowest BCUT2D eigenvalue weighted by Crippen LogP contribution is -2.15. The highest BCUT2D eigenvalue weighted by molar-refractivity contribution is 5.84. The van der Waals surface area contributed by atoms with Crippen LogP contribution in [0, 0.1) is 0 Å². The molecule has 21 heavy (non-hydrogen) atoms. The minimum atomic E-state index is -0.615. The molecule has 2 aromatic heterocycles. The molecule has 0 amide bonds. The number of imidazole rings is 1. The molecule has 1 saturated heterocycles. The number of anilines is 2. The van der Waals surface area contributed by atoms with Gasteiger partial charge >= 0.3 is 0 Å². The number of nitrogens with one attached hydrogen (secondary N) is 1. The molecule has 9 nitrogen and oxygen atoms in total. The molecule has 1 aliphatic carbocycles. The topological polar surface area (TPSA) is 120 Å². The second kappa shape index (κ2) is 4.79. The van der Waals surface area contributed by atoms with Crippen molar-refractivity contribution in [3.05, 3.63) is 6.33 Å². The van der Waals surface area contributed by atoms with Crippen LogP contribution in [0.15, 0.2) is 6.33 Å². The van der Waals surface area contributed by atoms with Gasteiger partial charge in [0.2, 0.25) is 5.95 Å². The molecule has 1 saturated carbocycles. The van der Waals surface area contributed by atoms with E-state index in [0.717, 1.165) is 12.8 Å². The number of nitrogens with two attached hydrogens (primary N) is 1. The maximum Gasteiger partial charge on any atom is 0.224 e. The number of nitrogens with zero attached hydrogens (tertiary/aromatic N) is 4. The highest BCUT2D eigenvalue weighted by Crippen LogP contribution is 2.30. The van der Waals surface area contributed by atoms with Crippen molar-refractivity contribution in [2.45, 2.75) is 31.4 Å². The van der Waals surface area contributed by atoms with Gasteiger partial charge in [0.25, 0.3) is 0 Å². The number of nitrogen functional groups attached to an aromatic ring is 1. The van der Waals surface area contributed by atoms with Gasteiger partial charge in [0.15, 0.2) is 29.5 Å². The summed E-state index contributed by atoms with van der Waals surface area (Å²) in [4.78, 5) is 12.8. The van der Waals surface area contributed by atoms with Gasteiger partial charge in [-0.25, -0.2) is 4.98 Å². The van der Waals surface area contributed by atoms with Gasteiger partial charge in [-0.05, 0) is 12.8 Å². The van der Waals surface area contributed by atoms with Crippen molar-refractivity contribution >= 4 is 22.9 Å². The first kappa shape index (κ1) is 12.7. The first-order valence-electron chi connectivity index (χ1n) is 6.89. The zero-order valence-electron chi connectivity index (χ0n) is 11.3. The summed E-state index contributed by atoms with van der Waals surface area (Å²) >= 11 is 0. The van der Waals surface area contributed by atoms with Crippen LogP contribution in [0.5, 0.6) is 0 Å².